The van der Waals surface area contributed by atoms with E-state index in [-0.39, 0.29) is 6.04 Å². The number of nitrogens with zero attached hydrogens (tertiary/aromatic N) is 2. The van der Waals surface area contributed by atoms with Crippen LogP contribution in [0.15, 0.2) is 45.6 Å². The van der Waals surface area contributed by atoms with Crippen molar-refractivity contribution in [2.75, 3.05) is 25.0 Å². The fourth-order valence-electron chi connectivity index (χ4n) is 2.80. The molecule has 1 N–H and O–H groups in total. The highest BCUT2D eigenvalue weighted by Gasteiger charge is 2.24. The van der Waals surface area contributed by atoms with Gasteiger partial charge in [0, 0.05) is 17.2 Å². The van der Waals surface area contributed by atoms with Crippen LogP contribution in [0, 0.1) is 0 Å². The zero-order valence-electron chi connectivity index (χ0n) is 12.0. The van der Waals surface area contributed by atoms with Gasteiger partial charge in [-0.3, -0.25) is 4.90 Å². The highest BCUT2D eigenvalue weighted by atomic mass is 79.9. The van der Waals surface area contributed by atoms with Crippen LogP contribution in [0.3, 0.4) is 0 Å². The van der Waals surface area contributed by atoms with Gasteiger partial charge in [-0.15, -0.1) is 0 Å². The third kappa shape index (κ3) is 3.86. The predicted molar refractivity (Wildman–Crippen MR) is 87.3 cm³/mol. The lowest BCUT2D eigenvalue weighted by molar-refractivity contribution is 0.153. The molecular formula is C16H20BrN3O. The van der Waals surface area contributed by atoms with E-state index in [9.17, 15) is 0 Å². The third-order valence-electron chi connectivity index (χ3n) is 3.91. The molecule has 0 amide bonds. The van der Waals surface area contributed by atoms with Gasteiger partial charge < -0.3 is 9.73 Å². The van der Waals surface area contributed by atoms with E-state index in [4.69, 9.17) is 4.42 Å². The summed E-state index contributed by atoms with van der Waals surface area (Å²) in [6.07, 6.45) is 7.44. The Balaban J connectivity index is 1.68. The van der Waals surface area contributed by atoms with Crippen molar-refractivity contribution < 1.29 is 4.42 Å². The summed E-state index contributed by atoms with van der Waals surface area (Å²) in [5.74, 6) is 1.92. The van der Waals surface area contributed by atoms with Crippen LogP contribution >= 0.6 is 15.9 Å². The van der Waals surface area contributed by atoms with Gasteiger partial charge in [0.05, 0.1) is 12.3 Å². The molecule has 3 heterocycles. The van der Waals surface area contributed by atoms with Crippen LogP contribution in [0.25, 0.3) is 0 Å². The summed E-state index contributed by atoms with van der Waals surface area (Å²) in [5, 5.41) is 3.42. The molecule has 5 heteroatoms. The average molecular weight is 350 g/mol. The number of hydrogen-bond donors (Lipinski definition) is 1. The van der Waals surface area contributed by atoms with Gasteiger partial charge in [-0.2, -0.15) is 0 Å². The minimum atomic E-state index is 0.269. The largest absolute Gasteiger partial charge is 0.468 e. The highest BCUT2D eigenvalue weighted by molar-refractivity contribution is 9.10. The Bertz CT molecular complexity index is 535. The molecule has 21 heavy (non-hydrogen) atoms. The van der Waals surface area contributed by atoms with Crippen molar-refractivity contribution in [3.05, 3.63) is 47.0 Å². The molecule has 1 fully saturated rings. The highest BCUT2D eigenvalue weighted by Crippen LogP contribution is 2.25. The van der Waals surface area contributed by atoms with Crippen LogP contribution in [0.2, 0.25) is 0 Å². The Morgan fingerprint density at radius 1 is 1.24 bits per heavy atom. The maximum absolute atomic E-state index is 5.65. The average Bonchev–Trinajstić information content (AvgIpc) is 3.05. The lowest BCUT2D eigenvalue weighted by atomic mass is 10.1. The first-order valence-electron chi connectivity index (χ1n) is 7.46. The third-order valence-corrected chi connectivity index (χ3v) is 4.38. The lowest BCUT2D eigenvalue weighted by Gasteiger charge is -2.33. The Hall–Kier alpha value is -1.33. The fraction of sp³-hybridized carbons (Fsp3) is 0.438. The maximum atomic E-state index is 5.65. The van der Waals surface area contributed by atoms with Crippen molar-refractivity contribution in [3.63, 3.8) is 0 Å². The van der Waals surface area contributed by atoms with E-state index in [2.05, 4.69) is 37.2 Å². The smallest absolute Gasteiger partial charge is 0.126 e. The number of furan rings is 1. The van der Waals surface area contributed by atoms with Gasteiger partial charge in [-0.1, -0.05) is 6.42 Å². The van der Waals surface area contributed by atoms with E-state index in [0.29, 0.717) is 0 Å². The van der Waals surface area contributed by atoms with Crippen LogP contribution in [0.4, 0.5) is 5.82 Å². The molecule has 0 aromatic carbocycles. The number of piperidine rings is 1. The molecule has 1 saturated heterocycles. The van der Waals surface area contributed by atoms with Gasteiger partial charge in [0.2, 0.25) is 0 Å². The topological polar surface area (TPSA) is 41.3 Å². The first kappa shape index (κ1) is 14.6. The van der Waals surface area contributed by atoms with Gasteiger partial charge in [0.1, 0.15) is 11.6 Å². The van der Waals surface area contributed by atoms with E-state index in [1.54, 1.807) is 6.26 Å². The van der Waals surface area contributed by atoms with Gasteiger partial charge in [-0.05, 0) is 66.1 Å². The standard InChI is InChI=1S/C16H20BrN3O/c17-13-6-7-16(18-11-13)19-12-14(15-5-4-10-21-15)20-8-2-1-3-9-20/h4-7,10-11,14H,1-3,8-9,12H2,(H,18,19). The molecule has 4 nitrogen and oxygen atoms in total. The van der Waals surface area contributed by atoms with Crippen molar-refractivity contribution in [3.8, 4) is 0 Å². The minimum Gasteiger partial charge on any atom is -0.468 e. The zero-order valence-corrected chi connectivity index (χ0v) is 13.6. The number of anilines is 1. The molecule has 2 aromatic rings. The molecule has 0 aliphatic carbocycles. The van der Waals surface area contributed by atoms with Crippen LogP contribution < -0.4 is 5.32 Å². The van der Waals surface area contributed by atoms with Crippen molar-refractivity contribution in [1.29, 1.82) is 0 Å². The summed E-state index contributed by atoms with van der Waals surface area (Å²) in [6, 6.07) is 8.28. The molecular weight excluding hydrogens is 330 g/mol. The fourth-order valence-corrected chi connectivity index (χ4v) is 3.04. The summed E-state index contributed by atoms with van der Waals surface area (Å²) >= 11 is 3.41. The van der Waals surface area contributed by atoms with Crippen molar-refractivity contribution in [1.82, 2.24) is 9.88 Å². The Labute approximate surface area is 133 Å². The summed E-state index contributed by atoms with van der Waals surface area (Å²) in [4.78, 5) is 6.88. The van der Waals surface area contributed by atoms with Gasteiger partial charge in [0.15, 0.2) is 0 Å². The van der Waals surface area contributed by atoms with Crippen LogP contribution in [-0.2, 0) is 0 Å². The number of halogens is 1. The monoisotopic (exact) mass is 349 g/mol. The molecule has 1 aliphatic heterocycles. The van der Waals surface area contributed by atoms with Crippen LogP contribution in [0.5, 0.6) is 0 Å². The lowest BCUT2D eigenvalue weighted by Crippen LogP contribution is -2.37. The van der Waals surface area contributed by atoms with Gasteiger partial charge in [0.25, 0.3) is 0 Å². The Kier molecular flexibility index (Phi) is 4.93. The quantitative estimate of drug-likeness (QED) is 0.882. The maximum Gasteiger partial charge on any atom is 0.126 e. The number of likely N-dealkylation sites (tertiary alicyclic amines) is 1. The molecule has 1 unspecified atom stereocenters. The molecule has 0 spiro atoms. The Morgan fingerprint density at radius 2 is 2.10 bits per heavy atom. The molecule has 112 valence electrons. The van der Waals surface area contributed by atoms with Crippen molar-refractivity contribution in [2.45, 2.75) is 25.3 Å². The molecule has 2 aromatic heterocycles. The first-order valence-corrected chi connectivity index (χ1v) is 8.25. The zero-order chi connectivity index (χ0) is 14.5. The second-order valence-electron chi connectivity index (χ2n) is 5.37. The first-order chi connectivity index (χ1) is 10.3. The van der Waals surface area contributed by atoms with E-state index < -0.39 is 0 Å². The van der Waals surface area contributed by atoms with E-state index >= 15 is 0 Å². The summed E-state index contributed by atoms with van der Waals surface area (Å²) < 4.78 is 6.64. The van der Waals surface area contributed by atoms with Crippen LogP contribution in [-0.4, -0.2) is 29.5 Å². The summed E-state index contributed by atoms with van der Waals surface area (Å²) in [7, 11) is 0. The number of hydrogen-bond acceptors (Lipinski definition) is 4. The van der Waals surface area contributed by atoms with Gasteiger partial charge >= 0.3 is 0 Å². The van der Waals surface area contributed by atoms with Crippen molar-refractivity contribution in [2.24, 2.45) is 0 Å². The molecule has 0 radical (unpaired) electrons. The molecule has 0 bridgehead atoms. The number of aromatic nitrogens is 1. The molecule has 3 rings (SSSR count). The van der Waals surface area contributed by atoms with E-state index in [1.807, 2.05) is 24.4 Å². The second kappa shape index (κ2) is 7.09. The molecule has 1 atom stereocenters. The Morgan fingerprint density at radius 3 is 2.76 bits per heavy atom. The van der Waals surface area contributed by atoms with E-state index in [1.165, 1.54) is 19.3 Å². The van der Waals surface area contributed by atoms with Crippen LogP contribution in [0.1, 0.15) is 31.1 Å². The minimum absolute atomic E-state index is 0.269. The number of pyridine rings is 1. The molecule has 1 aliphatic rings. The predicted octanol–water partition coefficient (Wildman–Crippen LogP) is 4.08. The normalized spacial score (nSPS) is 17.6. The van der Waals surface area contributed by atoms with Crippen molar-refractivity contribution >= 4 is 21.7 Å². The molecule has 0 saturated carbocycles. The van der Waals surface area contributed by atoms with E-state index in [0.717, 1.165) is 35.7 Å². The SMILES string of the molecule is Brc1ccc(NCC(c2ccco2)N2CCCCC2)nc1. The van der Waals surface area contributed by atoms with Gasteiger partial charge in [-0.25, -0.2) is 4.98 Å². The summed E-state index contributed by atoms with van der Waals surface area (Å²) in [5.41, 5.74) is 0. The number of nitrogens with one attached hydrogen (secondary N) is 1. The number of rotatable bonds is 5. The second-order valence-corrected chi connectivity index (χ2v) is 6.29. The summed E-state index contributed by atoms with van der Waals surface area (Å²) in [6.45, 7) is 3.09.